The number of hydrogen-bond acceptors (Lipinski definition) is 3. The number of rotatable bonds is 7. The molecule has 2 atom stereocenters. The average Bonchev–Trinajstić information content (AvgIpc) is 3.16. The molecule has 0 aliphatic heterocycles. The van der Waals surface area contributed by atoms with Crippen LogP contribution in [0, 0.1) is 11.7 Å². The Kier molecular flexibility index (Phi) is 6.33. The lowest BCUT2D eigenvalue weighted by Gasteiger charge is -2.43. The number of imidazole rings is 1. The van der Waals surface area contributed by atoms with Gasteiger partial charge in [0.2, 0.25) is 5.91 Å². The van der Waals surface area contributed by atoms with Gasteiger partial charge in [0.05, 0.1) is 23.1 Å². The number of fused-ring (bicyclic) bond motifs is 2. The second kappa shape index (κ2) is 9.02. The summed E-state index contributed by atoms with van der Waals surface area (Å²) in [6.45, 7) is 4.70. The zero-order valence-corrected chi connectivity index (χ0v) is 19.1. The maximum Gasteiger partial charge on any atom is 0.225 e. The molecule has 0 unspecified atom stereocenters. The maximum atomic E-state index is 13.7. The van der Waals surface area contributed by atoms with Gasteiger partial charge in [0.25, 0.3) is 0 Å². The van der Waals surface area contributed by atoms with Crippen LogP contribution in [-0.2, 0) is 17.6 Å². The normalized spacial score (nSPS) is 20.5. The third kappa shape index (κ3) is 4.56. The number of benzene rings is 2. The van der Waals surface area contributed by atoms with E-state index in [4.69, 9.17) is 0 Å². The molecule has 1 amide bonds. The van der Waals surface area contributed by atoms with Gasteiger partial charge in [0, 0.05) is 25.9 Å². The fourth-order valence-corrected chi connectivity index (χ4v) is 5.20. The highest BCUT2D eigenvalue weighted by molar-refractivity contribution is 5.77. The molecule has 0 bridgehead atoms. The zero-order valence-electron chi connectivity index (χ0n) is 19.1. The molecule has 2 aromatic carbocycles. The van der Waals surface area contributed by atoms with Crippen LogP contribution in [0.3, 0.4) is 0 Å². The summed E-state index contributed by atoms with van der Waals surface area (Å²) in [5.74, 6) is 0.544. The lowest BCUT2D eigenvalue weighted by atomic mass is 9.66. The number of aryl methyl sites for hydroxylation is 2. The minimum Gasteiger partial charge on any atom is -0.389 e. The number of halogens is 1. The first-order valence-corrected chi connectivity index (χ1v) is 11.4. The number of para-hydroxylation sites is 2. The molecular weight excluding hydrogens is 405 g/mol. The molecule has 170 valence electrons. The van der Waals surface area contributed by atoms with Crippen molar-refractivity contribution in [1.82, 2.24) is 14.9 Å². The van der Waals surface area contributed by atoms with Crippen molar-refractivity contribution in [3.8, 4) is 0 Å². The van der Waals surface area contributed by atoms with Gasteiger partial charge >= 0.3 is 0 Å². The summed E-state index contributed by atoms with van der Waals surface area (Å²) in [7, 11) is 1.79. The molecule has 0 spiro atoms. The Hall–Kier alpha value is -2.73. The molecule has 0 saturated heterocycles. The lowest BCUT2D eigenvalue weighted by molar-refractivity contribution is -0.137. The van der Waals surface area contributed by atoms with E-state index in [-0.39, 0.29) is 30.0 Å². The molecule has 6 heteroatoms. The number of H-pyrrole nitrogens is 1. The predicted octanol–water partition coefficient (Wildman–Crippen LogP) is 4.60. The van der Waals surface area contributed by atoms with E-state index < -0.39 is 5.60 Å². The Labute approximate surface area is 188 Å². The summed E-state index contributed by atoms with van der Waals surface area (Å²) in [4.78, 5) is 22.6. The fourth-order valence-electron chi connectivity index (χ4n) is 5.20. The van der Waals surface area contributed by atoms with Crippen LogP contribution in [0.1, 0.15) is 56.0 Å². The topological polar surface area (TPSA) is 69.2 Å². The van der Waals surface area contributed by atoms with Crippen LogP contribution in [0.5, 0.6) is 0 Å². The van der Waals surface area contributed by atoms with Crippen LogP contribution < -0.4 is 0 Å². The average molecular weight is 438 g/mol. The van der Waals surface area contributed by atoms with E-state index in [1.165, 1.54) is 6.07 Å². The Bertz CT molecular complexity index is 1080. The van der Waals surface area contributed by atoms with Crippen LogP contribution in [0.15, 0.2) is 42.5 Å². The molecule has 1 heterocycles. The number of carbonyl (C=O) groups excluding carboxylic acids is 1. The summed E-state index contributed by atoms with van der Waals surface area (Å²) >= 11 is 0. The Morgan fingerprint density at radius 2 is 2.09 bits per heavy atom. The van der Waals surface area contributed by atoms with Gasteiger partial charge in [-0.3, -0.25) is 4.79 Å². The first kappa shape index (κ1) is 22.5. The smallest absolute Gasteiger partial charge is 0.225 e. The molecule has 2 N–H and O–H groups in total. The van der Waals surface area contributed by atoms with Crippen LogP contribution in [0.2, 0.25) is 0 Å². The summed E-state index contributed by atoms with van der Waals surface area (Å²) in [6, 6.07) is 12.7. The minimum absolute atomic E-state index is 0.0617. The SMILES string of the molecule is CC(C)[C@H]1c2ccc(F)cc2CC[C@]1(O)CC(=O)N(C)CCCc1nc2ccccc2[nH]1. The molecule has 5 nitrogen and oxygen atoms in total. The van der Waals surface area contributed by atoms with E-state index in [9.17, 15) is 14.3 Å². The van der Waals surface area contributed by atoms with Crippen molar-refractivity contribution in [1.29, 1.82) is 0 Å². The Morgan fingerprint density at radius 3 is 2.84 bits per heavy atom. The Balaban J connectivity index is 1.38. The van der Waals surface area contributed by atoms with Gasteiger partial charge in [0.15, 0.2) is 0 Å². The van der Waals surface area contributed by atoms with Gasteiger partial charge in [0.1, 0.15) is 11.6 Å². The van der Waals surface area contributed by atoms with E-state index in [0.29, 0.717) is 19.4 Å². The molecule has 1 aliphatic carbocycles. The highest BCUT2D eigenvalue weighted by Gasteiger charge is 2.45. The van der Waals surface area contributed by atoms with Crippen molar-refractivity contribution < 1.29 is 14.3 Å². The van der Waals surface area contributed by atoms with E-state index in [1.807, 2.05) is 24.3 Å². The fraction of sp³-hybridized carbons (Fsp3) is 0.462. The van der Waals surface area contributed by atoms with Gasteiger partial charge < -0.3 is 15.0 Å². The molecule has 0 fully saturated rings. The zero-order chi connectivity index (χ0) is 22.9. The second-order valence-electron chi connectivity index (χ2n) is 9.46. The summed E-state index contributed by atoms with van der Waals surface area (Å²) in [6.07, 6.45) is 2.66. The lowest BCUT2D eigenvalue weighted by Crippen LogP contribution is -2.47. The van der Waals surface area contributed by atoms with Crippen LogP contribution in [0.25, 0.3) is 11.0 Å². The van der Waals surface area contributed by atoms with Crippen LogP contribution in [0.4, 0.5) is 4.39 Å². The van der Waals surface area contributed by atoms with Gasteiger partial charge in [-0.25, -0.2) is 9.37 Å². The van der Waals surface area contributed by atoms with Crippen LogP contribution >= 0.6 is 0 Å². The Morgan fingerprint density at radius 1 is 1.31 bits per heavy atom. The monoisotopic (exact) mass is 437 g/mol. The molecule has 1 aromatic heterocycles. The van der Waals surface area contributed by atoms with Crippen molar-refractivity contribution in [2.45, 2.75) is 57.5 Å². The number of aromatic amines is 1. The number of aliphatic hydroxyl groups is 1. The summed E-state index contributed by atoms with van der Waals surface area (Å²) in [5, 5.41) is 11.6. The van der Waals surface area contributed by atoms with Crippen molar-refractivity contribution in [2.75, 3.05) is 13.6 Å². The van der Waals surface area contributed by atoms with Crippen molar-refractivity contribution in [2.24, 2.45) is 5.92 Å². The minimum atomic E-state index is -1.12. The molecular formula is C26H32FN3O2. The number of aromatic nitrogens is 2. The van der Waals surface area contributed by atoms with Crippen molar-refractivity contribution >= 4 is 16.9 Å². The van der Waals surface area contributed by atoms with E-state index in [1.54, 1.807) is 24.1 Å². The van der Waals surface area contributed by atoms with Gasteiger partial charge in [-0.1, -0.05) is 32.0 Å². The number of nitrogens with zero attached hydrogens (tertiary/aromatic N) is 2. The van der Waals surface area contributed by atoms with Crippen LogP contribution in [-0.4, -0.2) is 45.1 Å². The number of amides is 1. The van der Waals surface area contributed by atoms with E-state index in [2.05, 4.69) is 23.8 Å². The molecule has 1 aliphatic rings. The highest BCUT2D eigenvalue weighted by Crippen LogP contribution is 2.45. The summed E-state index contributed by atoms with van der Waals surface area (Å²) < 4.78 is 13.7. The highest BCUT2D eigenvalue weighted by atomic mass is 19.1. The molecule has 0 radical (unpaired) electrons. The molecule has 3 aromatic rings. The molecule has 32 heavy (non-hydrogen) atoms. The standard InChI is InChI=1S/C26H32FN3O2/c1-17(2)25-20-11-10-19(27)15-18(20)12-13-26(25,32)16-24(31)30(3)14-6-9-23-28-21-7-4-5-8-22(21)29-23/h4-5,7-8,10-11,15,17,25,32H,6,9,12-14,16H2,1-3H3,(H,28,29)/t25-,26-/m0/s1. The third-order valence-electron chi connectivity index (χ3n) is 6.74. The second-order valence-corrected chi connectivity index (χ2v) is 9.46. The van der Waals surface area contributed by atoms with Crippen molar-refractivity contribution in [3.05, 3.63) is 65.2 Å². The molecule has 0 saturated carbocycles. The molecule has 4 rings (SSSR count). The number of hydrogen-bond donors (Lipinski definition) is 2. The van der Waals surface area contributed by atoms with E-state index >= 15 is 0 Å². The number of carbonyl (C=O) groups is 1. The largest absolute Gasteiger partial charge is 0.389 e. The third-order valence-corrected chi connectivity index (χ3v) is 6.74. The van der Waals surface area contributed by atoms with Gasteiger partial charge in [-0.05, 0) is 60.6 Å². The number of nitrogens with one attached hydrogen (secondary N) is 1. The quantitative estimate of drug-likeness (QED) is 0.568. The first-order valence-electron chi connectivity index (χ1n) is 11.4. The van der Waals surface area contributed by atoms with Crippen molar-refractivity contribution in [3.63, 3.8) is 0 Å². The van der Waals surface area contributed by atoms with E-state index in [0.717, 1.165) is 40.8 Å². The van der Waals surface area contributed by atoms with Gasteiger partial charge in [-0.15, -0.1) is 0 Å². The van der Waals surface area contributed by atoms with Gasteiger partial charge in [-0.2, -0.15) is 0 Å². The maximum absolute atomic E-state index is 13.7. The summed E-state index contributed by atoms with van der Waals surface area (Å²) in [5.41, 5.74) is 2.76. The predicted molar refractivity (Wildman–Crippen MR) is 124 cm³/mol. The first-order chi connectivity index (χ1) is 15.3.